The minimum Gasteiger partial charge on any atom is -0.491 e. The van der Waals surface area contributed by atoms with E-state index in [1.54, 1.807) is 24.3 Å². The van der Waals surface area contributed by atoms with Crippen LogP contribution < -0.4 is 26.4 Å². The molecule has 2 atom stereocenters. The zero-order valence-corrected chi connectivity index (χ0v) is 20.4. The molecule has 0 bridgehead atoms. The van der Waals surface area contributed by atoms with Gasteiger partial charge in [-0.3, -0.25) is 29.8 Å². The number of ether oxygens (including phenoxy) is 1. The molecule has 3 aliphatic rings. The molecule has 6 amide bonds. The van der Waals surface area contributed by atoms with E-state index >= 15 is 0 Å². The predicted molar refractivity (Wildman–Crippen MR) is 129 cm³/mol. The van der Waals surface area contributed by atoms with Gasteiger partial charge >= 0.3 is 6.03 Å². The summed E-state index contributed by atoms with van der Waals surface area (Å²) in [5.74, 6) is 0.104. The first-order valence-electron chi connectivity index (χ1n) is 11.7. The van der Waals surface area contributed by atoms with Crippen LogP contribution in [-0.4, -0.2) is 54.8 Å². The van der Waals surface area contributed by atoms with Crippen LogP contribution in [0.25, 0.3) is 0 Å². The Hall–Kier alpha value is -4.83. The lowest BCUT2D eigenvalue weighted by Gasteiger charge is -2.26. The summed E-state index contributed by atoms with van der Waals surface area (Å²) in [5, 5.41) is 6.85. The quantitative estimate of drug-likeness (QED) is 0.237. The van der Waals surface area contributed by atoms with Crippen LogP contribution >= 0.6 is 0 Å². The van der Waals surface area contributed by atoms with E-state index in [0.717, 1.165) is 18.1 Å². The SMILES string of the molecule is COc1c(F)cc2c(c1F)C(=O)N(CC1(C#Cc3ccc(C4(CN)NC(=O)NC4=O)cc3)CC(=O)NC1=O)C2. The highest BCUT2D eigenvalue weighted by molar-refractivity contribution is 6.09. The van der Waals surface area contributed by atoms with Gasteiger partial charge in [0.05, 0.1) is 19.1 Å². The van der Waals surface area contributed by atoms with Crippen LogP contribution in [0.3, 0.4) is 0 Å². The first-order chi connectivity index (χ1) is 18.5. The summed E-state index contributed by atoms with van der Waals surface area (Å²) in [5.41, 5.74) is 3.20. The van der Waals surface area contributed by atoms with E-state index in [1.165, 1.54) is 0 Å². The summed E-state index contributed by atoms with van der Waals surface area (Å²) in [7, 11) is 1.07. The molecule has 2 unspecified atom stereocenters. The highest BCUT2D eigenvalue weighted by Gasteiger charge is 2.49. The van der Waals surface area contributed by atoms with Crippen LogP contribution in [-0.2, 0) is 26.5 Å². The maximum absolute atomic E-state index is 14.8. The van der Waals surface area contributed by atoms with Crippen molar-refractivity contribution in [2.24, 2.45) is 11.1 Å². The van der Waals surface area contributed by atoms with Crippen molar-refractivity contribution >= 4 is 29.7 Å². The van der Waals surface area contributed by atoms with E-state index in [9.17, 15) is 32.8 Å². The van der Waals surface area contributed by atoms with Crippen LogP contribution in [0.15, 0.2) is 30.3 Å². The van der Waals surface area contributed by atoms with E-state index in [-0.39, 0.29) is 37.2 Å². The van der Waals surface area contributed by atoms with Gasteiger partial charge in [0.15, 0.2) is 22.9 Å². The number of nitrogens with one attached hydrogen (secondary N) is 3. The third kappa shape index (κ3) is 4.05. The Labute approximate surface area is 220 Å². The summed E-state index contributed by atoms with van der Waals surface area (Å²) in [6, 6.07) is 6.49. The van der Waals surface area contributed by atoms with Crippen molar-refractivity contribution in [1.82, 2.24) is 20.9 Å². The third-order valence-corrected chi connectivity index (χ3v) is 7.01. The van der Waals surface area contributed by atoms with Gasteiger partial charge in [-0.15, -0.1) is 0 Å². The Balaban J connectivity index is 1.44. The smallest absolute Gasteiger partial charge is 0.322 e. The molecule has 0 aromatic heterocycles. The van der Waals surface area contributed by atoms with Crippen molar-refractivity contribution in [1.29, 1.82) is 0 Å². The number of halogens is 2. The molecule has 2 aromatic carbocycles. The lowest BCUT2D eigenvalue weighted by Crippen LogP contribution is -2.49. The van der Waals surface area contributed by atoms with Crippen molar-refractivity contribution in [2.75, 3.05) is 20.2 Å². The number of nitrogens with zero attached hydrogens (tertiary/aromatic N) is 1. The zero-order chi connectivity index (χ0) is 28.1. The van der Waals surface area contributed by atoms with Crippen LogP contribution in [0.2, 0.25) is 0 Å². The normalized spacial score (nSPS) is 23.7. The van der Waals surface area contributed by atoms with Crippen molar-refractivity contribution in [3.05, 3.63) is 64.2 Å². The summed E-state index contributed by atoms with van der Waals surface area (Å²) in [6.07, 6.45) is -0.348. The number of nitrogens with two attached hydrogens (primary N) is 1. The molecule has 200 valence electrons. The van der Waals surface area contributed by atoms with Gasteiger partial charge in [0.1, 0.15) is 5.41 Å². The van der Waals surface area contributed by atoms with Crippen molar-refractivity contribution in [2.45, 2.75) is 18.5 Å². The Morgan fingerprint density at radius 1 is 1.08 bits per heavy atom. The van der Waals surface area contributed by atoms with Crippen LogP contribution in [0.5, 0.6) is 5.75 Å². The average molecular weight is 537 g/mol. The summed E-state index contributed by atoms with van der Waals surface area (Å²) < 4.78 is 33.7. The first kappa shape index (κ1) is 25.8. The molecule has 2 fully saturated rings. The van der Waals surface area contributed by atoms with Crippen molar-refractivity contribution < 1.29 is 37.5 Å². The van der Waals surface area contributed by atoms with Crippen molar-refractivity contribution in [3.8, 4) is 17.6 Å². The largest absolute Gasteiger partial charge is 0.491 e. The molecule has 13 heteroatoms. The molecule has 0 aliphatic carbocycles. The molecule has 5 rings (SSSR count). The summed E-state index contributed by atoms with van der Waals surface area (Å²) >= 11 is 0. The van der Waals surface area contributed by atoms with E-state index in [4.69, 9.17) is 10.5 Å². The second-order valence-electron chi connectivity index (χ2n) is 9.38. The number of rotatable bonds is 5. The average Bonchev–Trinajstić information content (AvgIpc) is 3.47. The molecule has 3 heterocycles. The van der Waals surface area contributed by atoms with Gasteiger partial charge in [-0.05, 0) is 29.3 Å². The number of carbonyl (C=O) groups excluding carboxylic acids is 5. The standard InChI is InChI=1S/C26H21F2N5O6/c1-39-20-16(27)8-14-10-33(21(35)18(14)19(20)28)12-25(9-17(34)30-22(25)36)7-6-13-2-4-15(5-3-13)26(11-29)23(37)31-24(38)32-26/h2-5,8H,9-12,29H2,1H3,(H,30,34,36)(H2,31,32,37,38). The predicted octanol–water partition coefficient (Wildman–Crippen LogP) is 0.00720. The molecule has 5 N–H and O–H groups in total. The van der Waals surface area contributed by atoms with Gasteiger partial charge in [0.25, 0.3) is 11.8 Å². The number of amides is 6. The first-order valence-corrected chi connectivity index (χ1v) is 11.7. The fourth-order valence-corrected chi connectivity index (χ4v) is 4.98. The highest BCUT2D eigenvalue weighted by atomic mass is 19.1. The number of hydrogen-bond donors (Lipinski definition) is 4. The topological polar surface area (TPSA) is 160 Å². The number of methoxy groups -OCH3 is 1. The lowest BCUT2D eigenvalue weighted by molar-refractivity contribution is -0.127. The van der Waals surface area contributed by atoms with Crippen LogP contribution in [0.1, 0.15) is 33.5 Å². The molecule has 0 spiro atoms. The number of carbonyl (C=O) groups is 5. The summed E-state index contributed by atoms with van der Waals surface area (Å²) in [6.45, 7) is -0.737. The molecule has 0 saturated carbocycles. The molecule has 3 aliphatic heterocycles. The van der Waals surface area contributed by atoms with Gasteiger partial charge in [0, 0.05) is 25.2 Å². The Morgan fingerprint density at radius 3 is 2.36 bits per heavy atom. The maximum atomic E-state index is 14.8. The van der Waals surface area contributed by atoms with Gasteiger partial charge in [-0.25, -0.2) is 13.6 Å². The maximum Gasteiger partial charge on any atom is 0.322 e. The number of imide groups is 2. The van der Waals surface area contributed by atoms with E-state index in [2.05, 4.69) is 27.8 Å². The Kier molecular flexibility index (Phi) is 6.07. The number of fused-ring (bicyclic) bond motifs is 1. The number of hydrogen-bond acceptors (Lipinski definition) is 7. The van der Waals surface area contributed by atoms with Crippen LogP contribution in [0.4, 0.5) is 13.6 Å². The minimum atomic E-state index is -1.65. The van der Waals surface area contributed by atoms with Gasteiger partial charge in [-0.1, -0.05) is 24.0 Å². The summed E-state index contributed by atoms with van der Waals surface area (Å²) in [4.78, 5) is 63.1. The molecule has 2 aromatic rings. The monoisotopic (exact) mass is 537 g/mol. The Bertz CT molecular complexity index is 1530. The highest BCUT2D eigenvalue weighted by Crippen LogP contribution is 2.36. The molecule has 2 saturated heterocycles. The van der Waals surface area contributed by atoms with E-state index < -0.39 is 58.0 Å². The van der Waals surface area contributed by atoms with Gasteiger partial charge in [-0.2, -0.15) is 0 Å². The second-order valence-corrected chi connectivity index (χ2v) is 9.38. The lowest BCUT2D eigenvalue weighted by atomic mass is 9.85. The van der Waals surface area contributed by atoms with E-state index in [1.807, 2.05) is 0 Å². The van der Waals surface area contributed by atoms with Crippen LogP contribution in [0, 0.1) is 28.9 Å². The molecule has 11 nitrogen and oxygen atoms in total. The number of urea groups is 1. The fraction of sp³-hybridized carbons (Fsp3) is 0.269. The minimum absolute atomic E-state index is 0.0797. The number of benzene rings is 2. The molecular formula is C26H21F2N5O6. The third-order valence-electron chi connectivity index (χ3n) is 7.01. The van der Waals surface area contributed by atoms with Crippen molar-refractivity contribution in [3.63, 3.8) is 0 Å². The molecule has 39 heavy (non-hydrogen) atoms. The van der Waals surface area contributed by atoms with E-state index in [0.29, 0.717) is 11.1 Å². The second kappa shape index (κ2) is 9.17. The van der Waals surface area contributed by atoms with Gasteiger partial charge in [0.2, 0.25) is 11.8 Å². The molecule has 0 radical (unpaired) electrons. The molecular weight excluding hydrogens is 516 g/mol. The Morgan fingerprint density at radius 2 is 1.79 bits per heavy atom. The zero-order valence-electron chi connectivity index (χ0n) is 20.4. The van der Waals surface area contributed by atoms with Gasteiger partial charge < -0.3 is 20.7 Å². The fourth-order valence-electron chi connectivity index (χ4n) is 4.98.